The van der Waals surface area contributed by atoms with Crippen molar-refractivity contribution in [1.29, 1.82) is 0 Å². The molecule has 0 bridgehead atoms. The number of anilines is 1. The predicted octanol–water partition coefficient (Wildman–Crippen LogP) is 1.62. The zero-order chi connectivity index (χ0) is 19.1. The molecule has 2 heterocycles. The summed E-state index contributed by atoms with van der Waals surface area (Å²) in [4.78, 5) is 0.104. The minimum Gasteiger partial charge on any atom is -0.276 e. The van der Waals surface area contributed by atoms with Crippen LogP contribution in [0.3, 0.4) is 0 Å². The molecule has 0 amide bonds. The van der Waals surface area contributed by atoms with Crippen molar-refractivity contribution in [1.82, 2.24) is 14.1 Å². The first-order valence-electron chi connectivity index (χ1n) is 8.26. The lowest BCUT2D eigenvalue weighted by atomic mass is 10.3. The molecule has 1 saturated heterocycles. The molecule has 8 nitrogen and oxygen atoms in total. The molecule has 1 aliphatic rings. The molecule has 2 aromatic rings. The highest BCUT2D eigenvalue weighted by Gasteiger charge is 2.27. The third-order valence-electron chi connectivity index (χ3n) is 4.58. The van der Waals surface area contributed by atoms with Gasteiger partial charge < -0.3 is 0 Å². The van der Waals surface area contributed by atoms with Crippen LogP contribution in [0.4, 0.5) is 5.69 Å². The van der Waals surface area contributed by atoms with Crippen LogP contribution in [-0.2, 0) is 27.1 Å². The fraction of sp³-hybridized carbons (Fsp3) is 0.438. The molecule has 0 unspecified atom stereocenters. The quantitative estimate of drug-likeness (QED) is 0.825. The van der Waals surface area contributed by atoms with Gasteiger partial charge in [-0.15, -0.1) is 0 Å². The summed E-state index contributed by atoms with van der Waals surface area (Å²) in [6, 6.07) is 5.30. The summed E-state index contributed by atoms with van der Waals surface area (Å²) in [6.45, 7) is 4.49. The monoisotopic (exact) mass is 398 g/mol. The van der Waals surface area contributed by atoms with Crippen molar-refractivity contribution in [3.8, 4) is 0 Å². The lowest BCUT2D eigenvalue weighted by molar-refractivity contribution is 0.477. The topological polar surface area (TPSA) is 101 Å². The van der Waals surface area contributed by atoms with E-state index in [0.29, 0.717) is 30.2 Å². The highest BCUT2D eigenvalue weighted by atomic mass is 32.2. The first-order valence-corrected chi connectivity index (χ1v) is 11.2. The highest BCUT2D eigenvalue weighted by Crippen LogP contribution is 2.25. The van der Waals surface area contributed by atoms with Crippen molar-refractivity contribution in [2.24, 2.45) is 7.05 Å². The van der Waals surface area contributed by atoms with Gasteiger partial charge in [0, 0.05) is 20.1 Å². The van der Waals surface area contributed by atoms with Crippen LogP contribution in [0.5, 0.6) is 0 Å². The Morgan fingerprint density at radius 3 is 2.00 bits per heavy atom. The molecule has 1 fully saturated rings. The molecule has 1 aromatic heterocycles. The van der Waals surface area contributed by atoms with E-state index in [0.717, 1.165) is 12.8 Å². The summed E-state index contributed by atoms with van der Waals surface area (Å²) < 4.78 is 55.9. The maximum atomic E-state index is 12.6. The van der Waals surface area contributed by atoms with Crippen molar-refractivity contribution in [2.75, 3.05) is 17.8 Å². The van der Waals surface area contributed by atoms with Crippen molar-refractivity contribution in [2.45, 2.75) is 36.5 Å². The van der Waals surface area contributed by atoms with Crippen LogP contribution in [0.1, 0.15) is 24.2 Å². The van der Waals surface area contributed by atoms with E-state index < -0.39 is 20.0 Å². The van der Waals surface area contributed by atoms with Gasteiger partial charge in [0.25, 0.3) is 10.0 Å². The van der Waals surface area contributed by atoms with Crippen molar-refractivity contribution >= 4 is 25.7 Å². The van der Waals surface area contributed by atoms with Crippen LogP contribution in [0, 0.1) is 13.8 Å². The number of rotatable bonds is 5. The standard InChI is InChI=1S/C16H22N4O4S2/c1-12-16(13(2)19(3)17-12)18-25(21,22)14-6-8-15(9-7-14)26(23,24)20-10-4-5-11-20/h6-9,18H,4-5,10-11H2,1-3H3. The second kappa shape index (κ2) is 6.67. The van der Waals surface area contributed by atoms with Gasteiger partial charge in [-0.1, -0.05) is 0 Å². The van der Waals surface area contributed by atoms with Crippen molar-refractivity contribution in [3.63, 3.8) is 0 Å². The Bertz CT molecular complexity index is 1020. The maximum Gasteiger partial charge on any atom is 0.262 e. The van der Waals surface area contributed by atoms with Gasteiger partial charge in [-0.05, 0) is 51.0 Å². The van der Waals surface area contributed by atoms with E-state index in [1.807, 2.05) is 0 Å². The lowest BCUT2D eigenvalue weighted by Crippen LogP contribution is -2.27. The average Bonchev–Trinajstić information content (AvgIpc) is 3.21. The number of sulfonamides is 2. The number of aryl methyl sites for hydroxylation is 2. The largest absolute Gasteiger partial charge is 0.276 e. The van der Waals surface area contributed by atoms with Crippen LogP contribution in [0.15, 0.2) is 34.1 Å². The minimum absolute atomic E-state index is 0.000486. The summed E-state index contributed by atoms with van der Waals surface area (Å²) in [5, 5.41) is 4.18. The Kier molecular flexibility index (Phi) is 4.84. The Hall–Kier alpha value is -1.91. The third-order valence-corrected chi connectivity index (χ3v) is 7.86. The van der Waals surface area contributed by atoms with E-state index in [-0.39, 0.29) is 9.79 Å². The molecular weight excluding hydrogens is 376 g/mol. The van der Waals surface area contributed by atoms with E-state index in [9.17, 15) is 16.8 Å². The van der Waals surface area contributed by atoms with Gasteiger partial charge in [-0.3, -0.25) is 9.40 Å². The Labute approximate surface area is 153 Å². The van der Waals surface area contributed by atoms with E-state index in [4.69, 9.17) is 0 Å². The molecular formula is C16H22N4O4S2. The molecule has 1 aliphatic heterocycles. The molecule has 10 heteroatoms. The number of benzene rings is 1. The van der Waals surface area contributed by atoms with Crippen LogP contribution < -0.4 is 4.72 Å². The predicted molar refractivity (Wildman–Crippen MR) is 97.9 cm³/mol. The van der Waals surface area contributed by atoms with Gasteiger partial charge in [0.1, 0.15) is 0 Å². The molecule has 1 N–H and O–H groups in total. The minimum atomic E-state index is -3.84. The van der Waals surface area contributed by atoms with Crippen LogP contribution in [0.25, 0.3) is 0 Å². The number of nitrogens with zero attached hydrogens (tertiary/aromatic N) is 3. The zero-order valence-electron chi connectivity index (χ0n) is 14.9. The van der Waals surface area contributed by atoms with Gasteiger partial charge in [-0.2, -0.15) is 9.40 Å². The number of hydrogen-bond donors (Lipinski definition) is 1. The lowest BCUT2D eigenvalue weighted by Gasteiger charge is -2.15. The Morgan fingerprint density at radius 2 is 1.50 bits per heavy atom. The smallest absolute Gasteiger partial charge is 0.262 e. The number of aromatic nitrogens is 2. The van der Waals surface area contributed by atoms with Crippen LogP contribution in [0.2, 0.25) is 0 Å². The maximum absolute atomic E-state index is 12.6. The van der Waals surface area contributed by atoms with Gasteiger partial charge in [-0.25, -0.2) is 16.8 Å². The normalized spacial score (nSPS) is 16.1. The third kappa shape index (κ3) is 3.36. The molecule has 1 aromatic carbocycles. The van der Waals surface area contributed by atoms with Crippen molar-refractivity contribution in [3.05, 3.63) is 35.7 Å². The summed E-state index contributed by atoms with van der Waals surface area (Å²) in [5.41, 5.74) is 1.70. The van der Waals surface area contributed by atoms with Gasteiger partial charge in [0.15, 0.2) is 0 Å². The summed E-state index contributed by atoms with van der Waals surface area (Å²) >= 11 is 0. The molecule has 0 aliphatic carbocycles. The molecule has 26 heavy (non-hydrogen) atoms. The molecule has 0 saturated carbocycles. The molecule has 0 radical (unpaired) electrons. The fourth-order valence-corrected chi connectivity index (χ4v) is 5.68. The second-order valence-corrected chi connectivity index (χ2v) is 9.98. The molecule has 0 atom stereocenters. The van der Waals surface area contributed by atoms with E-state index in [1.54, 1.807) is 25.6 Å². The van der Waals surface area contributed by atoms with Gasteiger partial charge in [0.05, 0.1) is 26.9 Å². The Balaban J connectivity index is 1.87. The average molecular weight is 399 g/mol. The molecule has 3 rings (SSSR count). The molecule has 0 spiro atoms. The van der Waals surface area contributed by atoms with E-state index in [2.05, 4.69) is 9.82 Å². The van der Waals surface area contributed by atoms with Gasteiger partial charge >= 0.3 is 0 Å². The number of nitrogens with one attached hydrogen (secondary N) is 1. The number of hydrogen-bond acceptors (Lipinski definition) is 5. The first kappa shape index (κ1) is 18.9. The van der Waals surface area contributed by atoms with Gasteiger partial charge in [0.2, 0.25) is 10.0 Å². The van der Waals surface area contributed by atoms with E-state index in [1.165, 1.54) is 28.6 Å². The fourth-order valence-electron chi connectivity index (χ4n) is 2.98. The van der Waals surface area contributed by atoms with Crippen LogP contribution >= 0.6 is 0 Å². The SMILES string of the molecule is Cc1nn(C)c(C)c1NS(=O)(=O)c1ccc(S(=O)(=O)N2CCCC2)cc1. The highest BCUT2D eigenvalue weighted by molar-refractivity contribution is 7.92. The van der Waals surface area contributed by atoms with Crippen LogP contribution in [-0.4, -0.2) is 44.0 Å². The molecule has 142 valence electrons. The zero-order valence-corrected chi connectivity index (χ0v) is 16.6. The second-order valence-electron chi connectivity index (χ2n) is 6.36. The first-order chi connectivity index (χ1) is 12.1. The van der Waals surface area contributed by atoms with E-state index >= 15 is 0 Å². The Morgan fingerprint density at radius 1 is 0.962 bits per heavy atom. The summed E-state index contributed by atoms with van der Waals surface area (Å²) in [5.74, 6) is 0. The van der Waals surface area contributed by atoms with Crippen molar-refractivity contribution < 1.29 is 16.8 Å². The summed E-state index contributed by atoms with van der Waals surface area (Å²) in [7, 11) is -5.67. The summed E-state index contributed by atoms with van der Waals surface area (Å²) in [6.07, 6.45) is 1.69.